The monoisotopic (exact) mass is 617 g/mol. The Kier molecular flexibility index (Phi) is 7.55. The third-order valence-corrected chi connectivity index (χ3v) is 9.96. The normalized spacial score (nSPS) is 22.9. The van der Waals surface area contributed by atoms with Gasteiger partial charge in [0, 0.05) is 78.0 Å². The van der Waals surface area contributed by atoms with Crippen LogP contribution in [0.4, 0.5) is 19.0 Å². The summed E-state index contributed by atoms with van der Waals surface area (Å²) in [5.74, 6) is -0.750. The molecule has 12 heteroatoms. The largest absolute Gasteiger partial charge is 0.352 e. The lowest BCUT2D eigenvalue weighted by Crippen LogP contribution is -2.59. The van der Waals surface area contributed by atoms with E-state index in [1.807, 2.05) is 36.6 Å². The van der Waals surface area contributed by atoms with Crippen molar-refractivity contribution in [3.63, 3.8) is 0 Å². The third-order valence-electron chi connectivity index (χ3n) is 8.44. The fourth-order valence-corrected chi connectivity index (χ4v) is 8.17. The molecule has 42 heavy (non-hydrogen) atoms. The van der Waals surface area contributed by atoms with E-state index in [1.165, 1.54) is 23.9 Å². The zero-order chi connectivity index (χ0) is 30.0. The molecule has 222 valence electrons. The maximum absolute atomic E-state index is 15.3. The first-order chi connectivity index (χ1) is 20.0. The quantitative estimate of drug-likeness (QED) is 0.289. The van der Waals surface area contributed by atoms with Gasteiger partial charge < -0.3 is 9.80 Å². The molecule has 2 fully saturated rings. The first-order valence-corrected chi connectivity index (χ1v) is 15.3. The van der Waals surface area contributed by atoms with Gasteiger partial charge in [0.15, 0.2) is 0 Å². The van der Waals surface area contributed by atoms with Crippen LogP contribution in [0, 0.1) is 18.6 Å². The summed E-state index contributed by atoms with van der Waals surface area (Å²) in [6, 6.07) is 3.36. The second kappa shape index (κ2) is 10.9. The average Bonchev–Trinajstić information content (AvgIpc) is 2.91. The fourth-order valence-electron chi connectivity index (χ4n) is 6.63. The number of carbonyl (C=O) groups excluding carboxylic acids is 1. The fraction of sp³-hybridized carbons (Fsp3) is 0.433. The molecule has 0 saturated carbocycles. The summed E-state index contributed by atoms with van der Waals surface area (Å²) in [6.07, 6.45) is 0.434. The second-order valence-electron chi connectivity index (χ2n) is 11.5. The van der Waals surface area contributed by atoms with Gasteiger partial charge in [-0.15, -0.1) is 11.8 Å². The number of alkyl halides is 1. The molecule has 1 amide bonds. The number of aromatic nitrogens is 2. The molecule has 0 aliphatic carbocycles. The predicted octanol–water partition coefficient (Wildman–Crippen LogP) is 5.22. The number of aryl methyl sites for hydroxylation is 1. The number of carbonyl (C=O) groups is 1. The molecule has 3 atom stereocenters. The van der Waals surface area contributed by atoms with E-state index in [2.05, 4.69) is 11.6 Å². The maximum Gasteiger partial charge on any atom is 0.350 e. The van der Waals surface area contributed by atoms with Gasteiger partial charge in [0.1, 0.15) is 23.6 Å². The Balaban J connectivity index is 1.55. The van der Waals surface area contributed by atoms with Crippen molar-refractivity contribution in [2.45, 2.75) is 50.0 Å². The van der Waals surface area contributed by atoms with Crippen molar-refractivity contribution in [2.75, 3.05) is 43.4 Å². The van der Waals surface area contributed by atoms with Gasteiger partial charge in [-0.05, 0) is 44.5 Å². The topological polar surface area (TPSA) is 61.7 Å². The summed E-state index contributed by atoms with van der Waals surface area (Å²) in [4.78, 5) is 37.4. The van der Waals surface area contributed by atoms with Gasteiger partial charge >= 0.3 is 5.69 Å². The van der Waals surface area contributed by atoms with Gasteiger partial charge in [0.25, 0.3) is 0 Å². The lowest BCUT2D eigenvalue weighted by molar-refractivity contribution is -0.130. The molecule has 2 saturated heterocycles. The number of likely N-dealkylation sites (tertiary alicyclic amines) is 1. The molecule has 6 rings (SSSR count). The molecule has 0 spiro atoms. The minimum Gasteiger partial charge on any atom is -0.352 e. The Bertz CT molecular complexity index is 1670. The van der Waals surface area contributed by atoms with Crippen molar-refractivity contribution in [1.29, 1.82) is 0 Å². The van der Waals surface area contributed by atoms with Gasteiger partial charge in [0.2, 0.25) is 5.91 Å². The summed E-state index contributed by atoms with van der Waals surface area (Å²) >= 11 is 7.59. The number of halogens is 4. The molecule has 0 radical (unpaired) electrons. The standard InChI is InChI=1S/C30H31ClF3N5O2S/c1-5-25(40)38-16(3)9-37(10-17(38)4)29-21-6-15(2)26(20-7-22(31)24(34)8-23(20)33)28-27(21)39(30(41)35-29)19(14-42-28)13-36-11-18(32)12-36/h5-8,16-19H,1,9-14H2,2-4H3/t16-,17+,19?. The minimum atomic E-state index is -0.873. The lowest BCUT2D eigenvalue weighted by atomic mass is 9.96. The molecular formula is C30H31ClF3N5O2S. The smallest absolute Gasteiger partial charge is 0.350 e. The molecule has 3 aliphatic heterocycles. The van der Waals surface area contributed by atoms with Crippen molar-refractivity contribution in [3.05, 3.63) is 63.6 Å². The number of hydrogen-bond acceptors (Lipinski definition) is 6. The SMILES string of the molecule is C=CC(=O)N1[C@H](C)CN(c2nc(=O)n3c4c(c(-c5cc(Cl)c(F)cc5F)c(C)cc24)SCC3CN2CC(F)C2)C[C@@H]1C. The summed E-state index contributed by atoms with van der Waals surface area (Å²) in [5.41, 5.74) is 1.60. The van der Waals surface area contributed by atoms with Crippen LogP contribution in [0.1, 0.15) is 25.5 Å². The van der Waals surface area contributed by atoms with Crippen molar-refractivity contribution >= 4 is 46.0 Å². The highest BCUT2D eigenvalue weighted by Crippen LogP contribution is 2.47. The molecule has 4 heterocycles. The second-order valence-corrected chi connectivity index (χ2v) is 12.9. The van der Waals surface area contributed by atoms with E-state index < -0.39 is 23.5 Å². The Hall–Kier alpha value is -3.02. The molecule has 0 bridgehead atoms. The number of piperazine rings is 1. The lowest BCUT2D eigenvalue weighted by Gasteiger charge is -2.45. The van der Waals surface area contributed by atoms with E-state index in [9.17, 15) is 18.4 Å². The van der Waals surface area contributed by atoms with Gasteiger partial charge in [-0.3, -0.25) is 14.3 Å². The van der Waals surface area contributed by atoms with Gasteiger partial charge in [-0.25, -0.2) is 18.0 Å². The summed E-state index contributed by atoms with van der Waals surface area (Å²) in [6.45, 7) is 11.4. The third kappa shape index (κ3) is 4.79. The summed E-state index contributed by atoms with van der Waals surface area (Å²) in [7, 11) is 0. The highest BCUT2D eigenvalue weighted by atomic mass is 35.5. The zero-order valence-corrected chi connectivity index (χ0v) is 25.1. The van der Waals surface area contributed by atoms with Crippen LogP contribution < -0.4 is 10.6 Å². The molecule has 1 unspecified atom stereocenters. The Labute approximate surface area is 250 Å². The van der Waals surface area contributed by atoms with Crippen LogP contribution in [0.2, 0.25) is 5.02 Å². The number of benzene rings is 2. The number of hydrogen-bond donors (Lipinski definition) is 0. The van der Waals surface area contributed by atoms with Gasteiger partial charge in [-0.1, -0.05) is 18.2 Å². The van der Waals surface area contributed by atoms with Crippen molar-refractivity contribution in [3.8, 4) is 11.1 Å². The zero-order valence-electron chi connectivity index (χ0n) is 23.5. The van der Waals surface area contributed by atoms with Crippen molar-refractivity contribution in [2.24, 2.45) is 0 Å². The molecule has 3 aromatic rings. The number of amides is 1. The summed E-state index contributed by atoms with van der Waals surface area (Å²) < 4.78 is 44.7. The Morgan fingerprint density at radius 2 is 1.83 bits per heavy atom. The van der Waals surface area contributed by atoms with Crippen LogP contribution in [0.3, 0.4) is 0 Å². The number of rotatable bonds is 5. The number of anilines is 1. The van der Waals surface area contributed by atoms with Crippen LogP contribution in [0.25, 0.3) is 22.0 Å². The Morgan fingerprint density at radius 3 is 2.48 bits per heavy atom. The first-order valence-electron chi connectivity index (χ1n) is 13.9. The van der Waals surface area contributed by atoms with Gasteiger partial charge in [-0.2, -0.15) is 4.98 Å². The average molecular weight is 618 g/mol. The van der Waals surface area contributed by atoms with E-state index in [-0.39, 0.29) is 34.6 Å². The van der Waals surface area contributed by atoms with Crippen molar-refractivity contribution < 1.29 is 18.0 Å². The van der Waals surface area contributed by atoms with Crippen LogP contribution in [0.15, 0.2) is 40.5 Å². The highest BCUT2D eigenvalue weighted by molar-refractivity contribution is 7.99. The molecule has 0 N–H and O–H groups in total. The molecule has 3 aliphatic rings. The number of nitrogens with zero attached hydrogens (tertiary/aromatic N) is 5. The van der Waals surface area contributed by atoms with Crippen LogP contribution >= 0.6 is 23.4 Å². The minimum absolute atomic E-state index is 0.152. The molecule has 2 aromatic carbocycles. The van der Waals surface area contributed by atoms with E-state index in [0.29, 0.717) is 60.3 Å². The van der Waals surface area contributed by atoms with Crippen LogP contribution in [-0.2, 0) is 4.79 Å². The first kappa shape index (κ1) is 29.1. The van der Waals surface area contributed by atoms with Crippen LogP contribution in [-0.4, -0.2) is 82.0 Å². The summed E-state index contributed by atoms with van der Waals surface area (Å²) in [5, 5.41) is 0.532. The van der Waals surface area contributed by atoms with Crippen molar-refractivity contribution in [1.82, 2.24) is 19.4 Å². The molecule has 1 aromatic heterocycles. The van der Waals surface area contributed by atoms with Crippen LogP contribution in [0.5, 0.6) is 0 Å². The van der Waals surface area contributed by atoms with E-state index >= 15 is 4.39 Å². The Morgan fingerprint density at radius 1 is 1.14 bits per heavy atom. The van der Waals surface area contributed by atoms with Gasteiger partial charge in [0.05, 0.1) is 16.6 Å². The maximum atomic E-state index is 15.3. The predicted molar refractivity (Wildman–Crippen MR) is 160 cm³/mol. The number of thioether (sulfide) groups is 1. The molecule has 7 nitrogen and oxygen atoms in total. The highest BCUT2D eigenvalue weighted by Gasteiger charge is 2.37. The van der Waals surface area contributed by atoms with E-state index in [0.717, 1.165) is 17.0 Å². The van der Waals surface area contributed by atoms with E-state index in [4.69, 9.17) is 11.6 Å². The molecular weight excluding hydrogens is 587 g/mol. The van der Waals surface area contributed by atoms with E-state index in [1.54, 1.807) is 9.47 Å².